The molecule has 4 rings (SSSR count). The van der Waals surface area contributed by atoms with Gasteiger partial charge in [0, 0.05) is 5.39 Å². The van der Waals surface area contributed by atoms with E-state index in [4.69, 9.17) is 0 Å². The minimum absolute atomic E-state index is 0.171. The van der Waals surface area contributed by atoms with E-state index in [1.165, 1.54) is 0 Å². The summed E-state index contributed by atoms with van der Waals surface area (Å²) in [6, 6.07) is 25.9. The number of nitrogens with one attached hydrogen (secondary N) is 2. The van der Waals surface area contributed by atoms with Crippen molar-refractivity contribution in [1.29, 1.82) is 0 Å². The Morgan fingerprint density at radius 3 is 2.10 bits per heavy atom. The van der Waals surface area contributed by atoms with E-state index in [1.807, 2.05) is 66.7 Å². The maximum absolute atomic E-state index is 12.9. The van der Waals surface area contributed by atoms with Gasteiger partial charge in [-0.15, -0.1) is 10.2 Å². The summed E-state index contributed by atoms with van der Waals surface area (Å²) in [5, 5.41) is 20.8. The number of H-pyrrole nitrogens is 1. The molecule has 1 heterocycles. The third kappa shape index (κ3) is 4.51. The van der Waals surface area contributed by atoms with Gasteiger partial charge in [-0.2, -0.15) is 0 Å². The van der Waals surface area contributed by atoms with Gasteiger partial charge in [-0.3, -0.25) is 9.59 Å². The zero-order valence-corrected chi connectivity index (χ0v) is 16.5. The number of aromatic amines is 1. The highest BCUT2D eigenvalue weighted by Crippen LogP contribution is 2.35. The molecule has 4 aromatic rings. The quantitative estimate of drug-likeness (QED) is 0.408. The molecule has 0 aliphatic rings. The van der Waals surface area contributed by atoms with E-state index in [1.54, 1.807) is 18.2 Å². The summed E-state index contributed by atoms with van der Waals surface area (Å²) in [7, 11) is 0. The second-order valence-corrected chi connectivity index (χ2v) is 6.93. The summed E-state index contributed by atoms with van der Waals surface area (Å²) in [6.07, 6.45) is 0. The molecule has 2 amide bonds. The van der Waals surface area contributed by atoms with Gasteiger partial charge in [-0.05, 0) is 17.2 Å². The molecule has 0 radical (unpaired) electrons. The smallest absolute Gasteiger partial charge is 0.283 e. The van der Waals surface area contributed by atoms with Crippen LogP contribution in [0.25, 0.3) is 10.9 Å². The van der Waals surface area contributed by atoms with Gasteiger partial charge in [0.2, 0.25) is 11.8 Å². The molecule has 3 aromatic carbocycles. The molecule has 154 valence electrons. The number of aromatic hydroxyl groups is 1. The van der Waals surface area contributed by atoms with Crippen LogP contribution in [0.3, 0.4) is 0 Å². The predicted octanol–water partition coefficient (Wildman–Crippen LogP) is 4.43. The standard InChI is InChI=1S/C24H20N4O3/c29-20(27-28-22-18-13-7-8-14-19(18)26-24(22)31)15-25-23(30)21(16-9-3-1-4-10-16)17-11-5-2-6-12-17/h1-14,21,26,31H,15H2,(H,25,30). The molecule has 0 saturated carbocycles. The number of carbonyl (C=O) groups excluding carboxylic acids is 2. The van der Waals surface area contributed by atoms with Crippen molar-refractivity contribution in [2.24, 2.45) is 10.2 Å². The maximum Gasteiger partial charge on any atom is 0.283 e. The Morgan fingerprint density at radius 1 is 0.871 bits per heavy atom. The van der Waals surface area contributed by atoms with Gasteiger partial charge in [-0.1, -0.05) is 78.9 Å². The average molecular weight is 412 g/mol. The Balaban J connectivity index is 1.47. The van der Waals surface area contributed by atoms with E-state index >= 15 is 0 Å². The molecule has 0 bridgehead atoms. The van der Waals surface area contributed by atoms with Crippen LogP contribution in [-0.4, -0.2) is 28.4 Å². The molecule has 0 aliphatic carbocycles. The number of nitrogens with zero attached hydrogens (tertiary/aromatic N) is 2. The molecule has 0 unspecified atom stereocenters. The van der Waals surface area contributed by atoms with E-state index in [-0.39, 0.29) is 24.0 Å². The normalized spacial score (nSPS) is 11.3. The lowest BCUT2D eigenvalue weighted by atomic mass is 9.90. The Hall–Kier alpha value is -4.26. The minimum atomic E-state index is -0.627. The predicted molar refractivity (Wildman–Crippen MR) is 117 cm³/mol. The second-order valence-electron chi connectivity index (χ2n) is 6.93. The van der Waals surface area contributed by atoms with Gasteiger partial charge in [0.25, 0.3) is 5.91 Å². The number of azo groups is 1. The molecule has 0 spiro atoms. The lowest BCUT2D eigenvalue weighted by molar-refractivity contribution is -0.125. The largest absolute Gasteiger partial charge is 0.493 e. The van der Waals surface area contributed by atoms with Crippen molar-refractivity contribution < 1.29 is 14.7 Å². The monoisotopic (exact) mass is 412 g/mol. The Kier molecular flexibility index (Phi) is 5.84. The van der Waals surface area contributed by atoms with Crippen molar-refractivity contribution in [2.75, 3.05) is 6.54 Å². The topological polar surface area (TPSA) is 107 Å². The molecule has 3 N–H and O–H groups in total. The van der Waals surface area contributed by atoms with Crippen molar-refractivity contribution in [3.05, 3.63) is 96.1 Å². The number of hydrogen-bond donors (Lipinski definition) is 3. The van der Waals surface area contributed by atoms with Crippen molar-refractivity contribution in [2.45, 2.75) is 5.92 Å². The van der Waals surface area contributed by atoms with Crippen LogP contribution < -0.4 is 5.32 Å². The van der Waals surface area contributed by atoms with Gasteiger partial charge in [0.1, 0.15) is 6.54 Å². The number of rotatable bonds is 6. The highest BCUT2D eigenvalue weighted by Gasteiger charge is 2.22. The molecule has 7 nitrogen and oxygen atoms in total. The number of para-hydroxylation sites is 1. The first-order valence-corrected chi connectivity index (χ1v) is 9.75. The fourth-order valence-corrected chi connectivity index (χ4v) is 3.41. The minimum Gasteiger partial charge on any atom is -0.493 e. The van der Waals surface area contributed by atoms with Crippen LogP contribution in [0.15, 0.2) is 95.2 Å². The van der Waals surface area contributed by atoms with Gasteiger partial charge in [0.05, 0.1) is 11.4 Å². The number of carbonyl (C=O) groups is 2. The highest BCUT2D eigenvalue weighted by atomic mass is 16.3. The second kappa shape index (κ2) is 9.04. The highest BCUT2D eigenvalue weighted by molar-refractivity contribution is 5.95. The van der Waals surface area contributed by atoms with Crippen molar-refractivity contribution >= 4 is 28.4 Å². The summed E-state index contributed by atoms with van der Waals surface area (Å²) >= 11 is 0. The first-order valence-electron chi connectivity index (χ1n) is 9.75. The molecule has 0 saturated heterocycles. The number of fused-ring (bicyclic) bond motifs is 1. The third-order valence-corrected chi connectivity index (χ3v) is 4.86. The Labute approximate surface area is 178 Å². The van der Waals surface area contributed by atoms with Crippen LogP contribution in [0.5, 0.6) is 5.88 Å². The van der Waals surface area contributed by atoms with Gasteiger partial charge in [-0.25, -0.2) is 0 Å². The summed E-state index contributed by atoms with van der Waals surface area (Å²) in [5.41, 5.74) is 2.51. The van der Waals surface area contributed by atoms with Gasteiger partial charge < -0.3 is 15.4 Å². The van der Waals surface area contributed by atoms with Crippen LogP contribution in [0.1, 0.15) is 17.0 Å². The molecule has 1 aromatic heterocycles. The van der Waals surface area contributed by atoms with Crippen molar-refractivity contribution in [3.8, 4) is 5.88 Å². The Morgan fingerprint density at radius 2 is 1.45 bits per heavy atom. The zero-order valence-electron chi connectivity index (χ0n) is 16.5. The van der Waals surface area contributed by atoms with Crippen LogP contribution in [0.2, 0.25) is 0 Å². The van der Waals surface area contributed by atoms with Crippen molar-refractivity contribution in [3.63, 3.8) is 0 Å². The number of amides is 2. The molecule has 0 atom stereocenters. The lowest BCUT2D eigenvalue weighted by Gasteiger charge is -2.17. The summed E-state index contributed by atoms with van der Waals surface area (Å²) in [4.78, 5) is 27.9. The number of hydrogen-bond acceptors (Lipinski definition) is 4. The maximum atomic E-state index is 12.9. The average Bonchev–Trinajstić information content (AvgIpc) is 3.13. The lowest BCUT2D eigenvalue weighted by Crippen LogP contribution is -2.33. The SMILES string of the molecule is O=C(CNC(=O)C(c1ccccc1)c1ccccc1)N=Nc1c(O)[nH]c2ccccc12. The third-order valence-electron chi connectivity index (χ3n) is 4.86. The van der Waals surface area contributed by atoms with Crippen LogP contribution in [0.4, 0.5) is 5.69 Å². The molecule has 0 aliphatic heterocycles. The first-order chi connectivity index (χ1) is 15.1. The van der Waals surface area contributed by atoms with E-state index in [0.717, 1.165) is 11.1 Å². The molecule has 31 heavy (non-hydrogen) atoms. The summed E-state index contributed by atoms with van der Waals surface area (Å²) < 4.78 is 0. The van der Waals surface area contributed by atoms with Gasteiger partial charge in [0.15, 0.2) is 5.69 Å². The van der Waals surface area contributed by atoms with Gasteiger partial charge >= 0.3 is 0 Å². The Bertz CT molecular complexity index is 1190. The fraction of sp³-hybridized carbons (Fsp3) is 0.0833. The summed E-state index contributed by atoms with van der Waals surface area (Å²) in [6.45, 7) is -0.304. The molecule has 0 fully saturated rings. The fourth-order valence-electron chi connectivity index (χ4n) is 3.41. The molecular formula is C24H20N4O3. The van der Waals surface area contributed by atoms with Crippen LogP contribution in [-0.2, 0) is 9.59 Å². The molecule has 7 heteroatoms. The van der Waals surface area contributed by atoms with E-state index in [2.05, 4.69) is 20.5 Å². The first kappa shape index (κ1) is 20.0. The van der Waals surface area contributed by atoms with Crippen molar-refractivity contribution in [1.82, 2.24) is 10.3 Å². The van der Waals surface area contributed by atoms with E-state index in [0.29, 0.717) is 10.9 Å². The summed E-state index contributed by atoms with van der Waals surface area (Å²) in [5.74, 6) is -1.66. The number of aromatic nitrogens is 1. The zero-order chi connectivity index (χ0) is 21.6. The van der Waals surface area contributed by atoms with Crippen LogP contribution >= 0.6 is 0 Å². The van der Waals surface area contributed by atoms with E-state index in [9.17, 15) is 14.7 Å². The number of benzene rings is 3. The van der Waals surface area contributed by atoms with E-state index < -0.39 is 11.8 Å². The molecular weight excluding hydrogens is 392 g/mol. The van der Waals surface area contributed by atoms with Crippen LogP contribution in [0, 0.1) is 0 Å².